The molecule has 2 rings (SSSR count). The Morgan fingerprint density at radius 2 is 2.00 bits per heavy atom. The minimum Gasteiger partial charge on any atom is -0.494 e. The Balaban J connectivity index is 2.00. The van der Waals surface area contributed by atoms with Crippen molar-refractivity contribution in [2.45, 2.75) is 12.8 Å². The molecule has 0 saturated carbocycles. The van der Waals surface area contributed by atoms with Gasteiger partial charge in [0.2, 0.25) is 15.9 Å². The summed E-state index contributed by atoms with van der Waals surface area (Å²) in [5.74, 6) is -0.677. The molecule has 1 aromatic rings. The third-order valence-electron chi connectivity index (χ3n) is 3.72. The molecule has 1 fully saturated rings. The highest BCUT2D eigenvalue weighted by Crippen LogP contribution is 2.27. The lowest BCUT2D eigenvalue weighted by atomic mass is 9.97. The molecule has 22 heavy (non-hydrogen) atoms. The van der Waals surface area contributed by atoms with Crippen molar-refractivity contribution in [3.63, 3.8) is 0 Å². The first-order chi connectivity index (χ1) is 10.3. The zero-order valence-corrected chi connectivity index (χ0v) is 13.3. The highest BCUT2D eigenvalue weighted by molar-refractivity contribution is 7.88. The van der Waals surface area contributed by atoms with Crippen LogP contribution >= 0.6 is 0 Å². The summed E-state index contributed by atoms with van der Waals surface area (Å²) in [5, 5.41) is 2.71. The molecule has 0 spiro atoms. The maximum atomic E-state index is 13.1. The van der Waals surface area contributed by atoms with Crippen LogP contribution in [0.1, 0.15) is 12.8 Å². The van der Waals surface area contributed by atoms with Crippen molar-refractivity contribution in [2.75, 3.05) is 31.8 Å². The van der Waals surface area contributed by atoms with Crippen LogP contribution in [-0.2, 0) is 14.8 Å². The van der Waals surface area contributed by atoms with Gasteiger partial charge in [-0.3, -0.25) is 4.79 Å². The molecule has 1 amide bonds. The first-order valence-electron chi connectivity index (χ1n) is 6.91. The molecular weight excluding hydrogens is 311 g/mol. The molecular formula is C14H19FN2O4S. The van der Waals surface area contributed by atoms with Gasteiger partial charge in [0.05, 0.1) is 19.1 Å². The van der Waals surface area contributed by atoms with E-state index >= 15 is 0 Å². The molecule has 0 bridgehead atoms. The monoisotopic (exact) mass is 330 g/mol. The Morgan fingerprint density at radius 3 is 2.55 bits per heavy atom. The topological polar surface area (TPSA) is 75.7 Å². The largest absolute Gasteiger partial charge is 0.494 e. The van der Waals surface area contributed by atoms with Crippen LogP contribution in [0.25, 0.3) is 0 Å². The third kappa shape index (κ3) is 3.95. The van der Waals surface area contributed by atoms with Crippen LogP contribution in [0.3, 0.4) is 0 Å². The predicted octanol–water partition coefficient (Wildman–Crippen LogP) is 1.44. The number of carbonyl (C=O) groups excluding carboxylic acids is 1. The van der Waals surface area contributed by atoms with E-state index < -0.39 is 15.8 Å². The summed E-state index contributed by atoms with van der Waals surface area (Å²) in [6.45, 7) is 0.662. The summed E-state index contributed by atoms with van der Waals surface area (Å²) in [6.07, 6.45) is 2.08. The molecule has 1 aromatic carbocycles. The summed E-state index contributed by atoms with van der Waals surface area (Å²) in [5.41, 5.74) is 0.402. The highest BCUT2D eigenvalue weighted by atomic mass is 32.2. The number of carbonyl (C=O) groups is 1. The molecule has 8 heteroatoms. The van der Waals surface area contributed by atoms with Gasteiger partial charge in [0, 0.05) is 25.1 Å². The summed E-state index contributed by atoms with van der Waals surface area (Å²) >= 11 is 0. The van der Waals surface area contributed by atoms with Crippen LogP contribution in [0.15, 0.2) is 18.2 Å². The maximum absolute atomic E-state index is 13.1. The number of nitrogens with zero attached hydrogens (tertiary/aromatic N) is 1. The van der Waals surface area contributed by atoms with Crippen LogP contribution < -0.4 is 10.1 Å². The van der Waals surface area contributed by atoms with Gasteiger partial charge >= 0.3 is 0 Å². The lowest BCUT2D eigenvalue weighted by Gasteiger charge is -2.29. The number of hydrogen-bond acceptors (Lipinski definition) is 4. The summed E-state index contributed by atoms with van der Waals surface area (Å²) in [7, 11) is -1.81. The molecule has 6 nitrogen and oxygen atoms in total. The first-order valence-corrected chi connectivity index (χ1v) is 8.75. The van der Waals surface area contributed by atoms with E-state index in [0.717, 1.165) is 6.26 Å². The summed E-state index contributed by atoms with van der Waals surface area (Å²) in [6, 6.07) is 3.88. The maximum Gasteiger partial charge on any atom is 0.227 e. The van der Waals surface area contributed by atoms with Crippen LogP contribution in [-0.4, -0.2) is 45.1 Å². The Kier molecular flexibility index (Phi) is 5.02. The van der Waals surface area contributed by atoms with E-state index in [1.807, 2.05) is 0 Å². The average molecular weight is 330 g/mol. The predicted molar refractivity (Wildman–Crippen MR) is 80.7 cm³/mol. The van der Waals surface area contributed by atoms with E-state index in [0.29, 0.717) is 31.6 Å². The minimum absolute atomic E-state index is 0.210. The minimum atomic E-state index is -3.21. The first kappa shape index (κ1) is 16.7. The molecule has 0 atom stereocenters. The number of methoxy groups -OCH3 is 1. The van der Waals surface area contributed by atoms with E-state index in [-0.39, 0.29) is 17.6 Å². The number of hydrogen-bond donors (Lipinski definition) is 1. The van der Waals surface area contributed by atoms with E-state index in [2.05, 4.69) is 5.32 Å². The van der Waals surface area contributed by atoms with Crippen LogP contribution in [0.2, 0.25) is 0 Å². The molecule has 1 saturated heterocycles. The fourth-order valence-electron chi connectivity index (χ4n) is 2.45. The second-order valence-electron chi connectivity index (χ2n) is 5.27. The van der Waals surface area contributed by atoms with Gasteiger partial charge < -0.3 is 10.1 Å². The van der Waals surface area contributed by atoms with Crippen LogP contribution in [0.5, 0.6) is 5.75 Å². The van der Waals surface area contributed by atoms with Crippen molar-refractivity contribution < 1.29 is 22.3 Å². The molecule has 1 aliphatic heterocycles. The summed E-state index contributed by atoms with van der Waals surface area (Å²) in [4.78, 5) is 12.2. The van der Waals surface area contributed by atoms with Gasteiger partial charge in [0.1, 0.15) is 11.6 Å². The lowest BCUT2D eigenvalue weighted by molar-refractivity contribution is -0.120. The van der Waals surface area contributed by atoms with Gasteiger partial charge in [-0.05, 0) is 25.0 Å². The Morgan fingerprint density at radius 1 is 1.36 bits per heavy atom. The van der Waals surface area contributed by atoms with Crippen LogP contribution in [0.4, 0.5) is 10.1 Å². The van der Waals surface area contributed by atoms with Gasteiger partial charge in [-0.2, -0.15) is 0 Å². The zero-order valence-electron chi connectivity index (χ0n) is 12.5. The molecule has 0 aromatic heterocycles. The van der Waals surface area contributed by atoms with Gasteiger partial charge in [0.25, 0.3) is 0 Å². The van der Waals surface area contributed by atoms with Crippen molar-refractivity contribution in [2.24, 2.45) is 5.92 Å². The van der Waals surface area contributed by atoms with E-state index in [1.165, 1.54) is 29.6 Å². The average Bonchev–Trinajstić information content (AvgIpc) is 2.48. The van der Waals surface area contributed by atoms with E-state index in [1.54, 1.807) is 0 Å². The number of sulfonamides is 1. The molecule has 122 valence electrons. The number of benzene rings is 1. The second kappa shape index (κ2) is 6.62. The number of ether oxygens (including phenoxy) is 1. The standard InChI is InChI=1S/C14H19FN2O4S/c1-21-13-9-11(15)3-4-12(13)16-14(18)10-5-7-17(8-6-10)22(2,19)20/h3-4,9-10H,5-8H2,1-2H3,(H,16,18). The SMILES string of the molecule is COc1cc(F)ccc1NC(=O)C1CCN(S(C)(=O)=O)CC1. The smallest absolute Gasteiger partial charge is 0.227 e. The molecule has 0 aliphatic carbocycles. The van der Waals surface area contributed by atoms with E-state index in [9.17, 15) is 17.6 Å². The van der Waals surface area contributed by atoms with Gasteiger partial charge in [0.15, 0.2) is 0 Å². The van der Waals surface area contributed by atoms with E-state index in [4.69, 9.17) is 4.74 Å². The van der Waals surface area contributed by atoms with Crippen LogP contribution in [0, 0.1) is 11.7 Å². The number of rotatable bonds is 4. The van der Waals surface area contributed by atoms with Crippen molar-refractivity contribution in [1.82, 2.24) is 4.31 Å². The molecule has 1 N–H and O–H groups in total. The number of piperidine rings is 1. The molecule has 0 radical (unpaired) electrons. The number of anilines is 1. The number of halogens is 1. The normalized spacial score (nSPS) is 17.2. The number of amides is 1. The number of nitrogens with one attached hydrogen (secondary N) is 1. The van der Waals surface area contributed by atoms with Gasteiger partial charge in [-0.15, -0.1) is 0 Å². The third-order valence-corrected chi connectivity index (χ3v) is 5.02. The Bertz CT molecular complexity index is 655. The van der Waals surface area contributed by atoms with Crippen molar-refractivity contribution in [1.29, 1.82) is 0 Å². The quantitative estimate of drug-likeness (QED) is 0.906. The second-order valence-corrected chi connectivity index (χ2v) is 7.25. The highest BCUT2D eigenvalue weighted by Gasteiger charge is 2.29. The van der Waals surface area contributed by atoms with Gasteiger partial charge in [-0.1, -0.05) is 0 Å². The van der Waals surface area contributed by atoms with Crippen molar-refractivity contribution >= 4 is 21.6 Å². The van der Waals surface area contributed by atoms with Crippen molar-refractivity contribution in [3.05, 3.63) is 24.0 Å². The Hall–Kier alpha value is -1.67. The van der Waals surface area contributed by atoms with Crippen molar-refractivity contribution in [3.8, 4) is 5.75 Å². The lowest BCUT2D eigenvalue weighted by Crippen LogP contribution is -2.40. The summed E-state index contributed by atoms with van der Waals surface area (Å²) < 4.78 is 42.4. The fraction of sp³-hybridized carbons (Fsp3) is 0.500. The zero-order chi connectivity index (χ0) is 16.3. The van der Waals surface area contributed by atoms with Gasteiger partial charge in [-0.25, -0.2) is 17.1 Å². The molecule has 1 aliphatic rings. The fourth-order valence-corrected chi connectivity index (χ4v) is 3.33. The molecule has 0 unspecified atom stereocenters. The Labute approximate surface area is 129 Å². The molecule has 1 heterocycles.